The predicted molar refractivity (Wildman–Crippen MR) is 104 cm³/mol. The summed E-state index contributed by atoms with van der Waals surface area (Å²) in [6.07, 6.45) is 8.03. The van der Waals surface area contributed by atoms with Crippen LogP contribution in [0.1, 0.15) is 43.6 Å². The first-order valence-electron chi connectivity index (χ1n) is 10.0. The molecular formula is C21H29N5O. The Kier molecular flexibility index (Phi) is 5.25. The zero-order chi connectivity index (χ0) is 18.7. The second-order valence-electron chi connectivity index (χ2n) is 8.06. The number of carbonyl (C=O) groups excluding carboxylic acids is 1. The number of hydrogen-bond acceptors (Lipinski definition) is 4. The molecule has 0 N–H and O–H groups in total. The van der Waals surface area contributed by atoms with Gasteiger partial charge in [0.15, 0.2) is 0 Å². The number of benzene rings is 1. The van der Waals surface area contributed by atoms with Crippen molar-refractivity contribution in [1.82, 2.24) is 24.6 Å². The van der Waals surface area contributed by atoms with E-state index in [9.17, 15) is 4.79 Å². The molecule has 6 heteroatoms. The van der Waals surface area contributed by atoms with Gasteiger partial charge in [-0.25, -0.2) is 4.98 Å². The number of rotatable bonds is 5. The lowest BCUT2D eigenvalue weighted by Gasteiger charge is -2.43. The quantitative estimate of drug-likeness (QED) is 0.815. The molecule has 1 aromatic carbocycles. The number of nitrogens with zero attached hydrogens (tertiary/aromatic N) is 5. The molecule has 2 fully saturated rings. The van der Waals surface area contributed by atoms with Crippen LogP contribution in [0.4, 0.5) is 0 Å². The summed E-state index contributed by atoms with van der Waals surface area (Å²) < 4.78 is 1.79. The smallest absolute Gasteiger partial charge is 0.222 e. The summed E-state index contributed by atoms with van der Waals surface area (Å²) >= 11 is 0. The van der Waals surface area contributed by atoms with Gasteiger partial charge < -0.3 is 4.90 Å². The largest absolute Gasteiger partial charge is 0.343 e. The molecule has 0 aliphatic carbocycles. The maximum atomic E-state index is 12.6. The van der Waals surface area contributed by atoms with Gasteiger partial charge in [0, 0.05) is 38.1 Å². The SMILES string of the molecule is CN1CC(c2ccccc2)CC12CCN(C(=O)CCCn1cncn1)CC2. The Hall–Kier alpha value is -2.21. The van der Waals surface area contributed by atoms with Crippen molar-refractivity contribution in [2.24, 2.45) is 0 Å². The van der Waals surface area contributed by atoms with Gasteiger partial charge in [0.2, 0.25) is 5.91 Å². The van der Waals surface area contributed by atoms with Crippen LogP contribution in [0.15, 0.2) is 43.0 Å². The van der Waals surface area contributed by atoms with E-state index in [1.54, 1.807) is 11.0 Å². The second kappa shape index (κ2) is 7.80. The normalized spacial score (nSPS) is 22.4. The van der Waals surface area contributed by atoms with Gasteiger partial charge in [0.1, 0.15) is 12.7 Å². The number of carbonyl (C=O) groups is 1. The molecule has 1 amide bonds. The molecular weight excluding hydrogens is 338 g/mol. The molecule has 2 saturated heterocycles. The molecule has 1 aromatic heterocycles. The lowest BCUT2D eigenvalue weighted by molar-refractivity contribution is -0.133. The highest BCUT2D eigenvalue weighted by molar-refractivity contribution is 5.76. The van der Waals surface area contributed by atoms with Gasteiger partial charge in [0.25, 0.3) is 0 Å². The summed E-state index contributed by atoms with van der Waals surface area (Å²) in [6.45, 7) is 3.64. The standard InChI is InChI=1S/C21H29N5O/c1-24-15-19(18-6-3-2-4-7-18)14-21(24)9-12-25(13-10-21)20(27)8-5-11-26-17-22-16-23-26/h2-4,6-7,16-17,19H,5,8-15H2,1H3. The Balaban J connectivity index is 1.28. The van der Waals surface area contributed by atoms with Crippen LogP contribution in [-0.2, 0) is 11.3 Å². The van der Waals surface area contributed by atoms with E-state index in [4.69, 9.17) is 0 Å². The number of amides is 1. The minimum atomic E-state index is 0.262. The lowest BCUT2D eigenvalue weighted by atomic mass is 9.81. The summed E-state index contributed by atoms with van der Waals surface area (Å²) in [4.78, 5) is 21.1. The van der Waals surface area contributed by atoms with Crippen molar-refractivity contribution in [2.75, 3.05) is 26.7 Å². The first-order chi connectivity index (χ1) is 13.2. The monoisotopic (exact) mass is 367 g/mol. The molecule has 3 heterocycles. The molecule has 0 radical (unpaired) electrons. The van der Waals surface area contributed by atoms with E-state index in [2.05, 4.69) is 57.3 Å². The third-order valence-corrected chi connectivity index (χ3v) is 6.49. The molecule has 0 saturated carbocycles. The van der Waals surface area contributed by atoms with E-state index >= 15 is 0 Å². The van der Waals surface area contributed by atoms with Gasteiger partial charge in [-0.2, -0.15) is 5.10 Å². The summed E-state index contributed by atoms with van der Waals surface area (Å²) in [5, 5.41) is 4.09. The minimum Gasteiger partial charge on any atom is -0.343 e. The molecule has 2 aliphatic rings. The van der Waals surface area contributed by atoms with Gasteiger partial charge in [-0.15, -0.1) is 0 Å². The van der Waals surface area contributed by atoms with Gasteiger partial charge in [-0.05, 0) is 44.2 Å². The van der Waals surface area contributed by atoms with E-state index < -0.39 is 0 Å². The van der Waals surface area contributed by atoms with Crippen LogP contribution in [-0.4, -0.2) is 62.7 Å². The Morgan fingerprint density at radius 1 is 1.22 bits per heavy atom. The highest BCUT2D eigenvalue weighted by atomic mass is 16.2. The molecule has 1 spiro atoms. The Bertz CT molecular complexity index is 737. The van der Waals surface area contributed by atoms with E-state index in [0.29, 0.717) is 12.3 Å². The molecule has 2 aliphatic heterocycles. The van der Waals surface area contributed by atoms with Gasteiger partial charge in [0.05, 0.1) is 0 Å². The van der Waals surface area contributed by atoms with Gasteiger partial charge in [-0.3, -0.25) is 14.4 Å². The predicted octanol–water partition coefficient (Wildman–Crippen LogP) is 2.54. The van der Waals surface area contributed by atoms with Crippen molar-refractivity contribution in [2.45, 2.75) is 50.1 Å². The molecule has 0 bridgehead atoms. The number of aryl methyl sites for hydroxylation is 1. The Morgan fingerprint density at radius 3 is 2.70 bits per heavy atom. The molecule has 144 valence electrons. The Labute approximate surface area is 161 Å². The van der Waals surface area contributed by atoms with Crippen LogP contribution in [0.2, 0.25) is 0 Å². The third kappa shape index (κ3) is 3.90. The van der Waals surface area contributed by atoms with Crippen LogP contribution in [0, 0.1) is 0 Å². The van der Waals surface area contributed by atoms with Crippen molar-refractivity contribution in [3.05, 3.63) is 48.5 Å². The van der Waals surface area contributed by atoms with Crippen molar-refractivity contribution in [1.29, 1.82) is 0 Å². The second-order valence-corrected chi connectivity index (χ2v) is 8.06. The number of aromatic nitrogens is 3. The fourth-order valence-electron chi connectivity index (χ4n) is 4.81. The summed E-state index contributed by atoms with van der Waals surface area (Å²) in [6, 6.07) is 10.9. The molecule has 27 heavy (non-hydrogen) atoms. The first kappa shape index (κ1) is 18.2. The first-order valence-corrected chi connectivity index (χ1v) is 10.0. The van der Waals surface area contributed by atoms with Crippen molar-refractivity contribution in [3.8, 4) is 0 Å². The maximum absolute atomic E-state index is 12.6. The maximum Gasteiger partial charge on any atom is 0.222 e. The van der Waals surface area contributed by atoms with Crippen LogP contribution in [0.5, 0.6) is 0 Å². The number of hydrogen-bond donors (Lipinski definition) is 0. The van der Waals surface area contributed by atoms with Gasteiger partial charge >= 0.3 is 0 Å². The number of likely N-dealkylation sites (N-methyl/N-ethyl adjacent to an activating group) is 1. The van der Waals surface area contributed by atoms with E-state index in [-0.39, 0.29) is 11.4 Å². The fraction of sp³-hybridized carbons (Fsp3) is 0.571. The molecule has 1 atom stereocenters. The molecule has 6 nitrogen and oxygen atoms in total. The Morgan fingerprint density at radius 2 is 2.00 bits per heavy atom. The van der Waals surface area contributed by atoms with Crippen molar-refractivity contribution >= 4 is 5.91 Å². The van der Waals surface area contributed by atoms with Crippen molar-refractivity contribution in [3.63, 3.8) is 0 Å². The summed E-state index contributed by atoms with van der Waals surface area (Å²) in [7, 11) is 2.26. The summed E-state index contributed by atoms with van der Waals surface area (Å²) in [5.41, 5.74) is 1.71. The highest BCUT2D eigenvalue weighted by Gasteiger charge is 2.45. The average Bonchev–Trinajstić information content (AvgIpc) is 3.32. The van der Waals surface area contributed by atoms with E-state index in [1.807, 2.05) is 0 Å². The zero-order valence-electron chi connectivity index (χ0n) is 16.1. The average molecular weight is 367 g/mol. The van der Waals surface area contributed by atoms with Crippen LogP contribution < -0.4 is 0 Å². The topological polar surface area (TPSA) is 54.3 Å². The summed E-state index contributed by atoms with van der Waals surface area (Å²) in [5.74, 6) is 0.895. The molecule has 4 rings (SSSR count). The minimum absolute atomic E-state index is 0.262. The molecule has 2 aromatic rings. The highest BCUT2D eigenvalue weighted by Crippen LogP contribution is 2.43. The van der Waals surface area contributed by atoms with E-state index in [1.165, 1.54) is 18.3 Å². The zero-order valence-corrected chi connectivity index (χ0v) is 16.1. The number of piperidine rings is 1. The van der Waals surface area contributed by atoms with Crippen LogP contribution in [0.25, 0.3) is 0 Å². The van der Waals surface area contributed by atoms with E-state index in [0.717, 1.165) is 45.4 Å². The number of likely N-dealkylation sites (tertiary alicyclic amines) is 2. The lowest BCUT2D eigenvalue weighted by Crippen LogP contribution is -2.51. The van der Waals surface area contributed by atoms with Crippen molar-refractivity contribution < 1.29 is 4.79 Å². The molecule has 1 unspecified atom stereocenters. The van der Waals surface area contributed by atoms with Gasteiger partial charge in [-0.1, -0.05) is 30.3 Å². The van der Waals surface area contributed by atoms with Crippen LogP contribution in [0.3, 0.4) is 0 Å². The van der Waals surface area contributed by atoms with Crippen LogP contribution >= 0.6 is 0 Å². The fourth-order valence-corrected chi connectivity index (χ4v) is 4.81. The third-order valence-electron chi connectivity index (χ3n) is 6.49.